The molecule has 0 radical (unpaired) electrons. The van der Waals surface area contributed by atoms with Gasteiger partial charge in [-0.15, -0.1) is 0 Å². The Balaban J connectivity index is 1.66. The number of hydrogen-bond acceptors (Lipinski definition) is 1. The van der Waals surface area contributed by atoms with Crippen molar-refractivity contribution in [2.45, 2.75) is 141 Å². The van der Waals surface area contributed by atoms with E-state index in [1.807, 2.05) is 0 Å². The van der Waals surface area contributed by atoms with Crippen LogP contribution in [0.2, 0.25) is 0 Å². The molecule has 0 amide bonds. The van der Waals surface area contributed by atoms with Gasteiger partial charge >= 0.3 is 5.97 Å². The minimum Gasteiger partial charge on any atom is -0.481 e. The van der Waals surface area contributed by atoms with Gasteiger partial charge in [-0.05, 0) is 24.8 Å². The van der Waals surface area contributed by atoms with Gasteiger partial charge in [-0.3, -0.25) is 4.79 Å². The summed E-state index contributed by atoms with van der Waals surface area (Å²) >= 11 is 0. The van der Waals surface area contributed by atoms with Crippen molar-refractivity contribution in [3.05, 3.63) is 35.9 Å². The maximum atomic E-state index is 10.4. The molecule has 0 spiro atoms. The smallest absolute Gasteiger partial charge is 0.303 e. The predicted octanol–water partition coefficient (Wildman–Crippen LogP) is 9.51. The largest absolute Gasteiger partial charge is 0.481 e. The Labute approximate surface area is 193 Å². The van der Waals surface area contributed by atoms with Crippen molar-refractivity contribution in [3.8, 4) is 0 Å². The Morgan fingerprint density at radius 2 is 0.806 bits per heavy atom. The van der Waals surface area contributed by atoms with E-state index in [1.54, 1.807) is 0 Å². The van der Waals surface area contributed by atoms with Crippen molar-refractivity contribution in [3.63, 3.8) is 0 Å². The number of unbranched alkanes of at least 4 members (excludes halogenated alkanes) is 19. The third-order valence-electron chi connectivity index (χ3n) is 6.45. The highest BCUT2D eigenvalue weighted by Crippen LogP contribution is 2.15. The lowest BCUT2D eigenvalue weighted by molar-refractivity contribution is -0.137. The van der Waals surface area contributed by atoms with Crippen LogP contribution in [-0.2, 0) is 11.2 Å². The Kier molecular flexibility index (Phi) is 19.6. The number of benzene rings is 1. The first kappa shape index (κ1) is 27.7. The molecule has 1 aromatic rings. The molecule has 0 aromatic heterocycles. The molecule has 0 saturated carbocycles. The fourth-order valence-electron chi connectivity index (χ4n) is 4.43. The van der Waals surface area contributed by atoms with Crippen LogP contribution in [-0.4, -0.2) is 11.1 Å². The van der Waals surface area contributed by atoms with Crippen molar-refractivity contribution < 1.29 is 9.90 Å². The molecule has 0 atom stereocenters. The van der Waals surface area contributed by atoms with Gasteiger partial charge in [0.2, 0.25) is 0 Å². The molecule has 0 saturated heterocycles. The summed E-state index contributed by atoms with van der Waals surface area (Å²) < 4.78 is 0. The highest BCUT2D eigenvalue weighted by atomic mass is 16.4. The normalized spacial score (nSPS) is 11.1. The standard InChI is InChI=1S/C29H50O2/c30-29(31)27-23-18-16-14-12-10-8-6-4-2-1-3-5-7-9-11-13-15-17-20-24-28-25-21-19-22-26-28/h19,21-22,25-26H,1-18,20,23-24,27H2,(H,30,31). The zero-order chi connectivity index (χ0) is 22.2. The summed E-state index contributed by atoms with van der Waals surface area (Å²) in [4.78, 5) is 10.4. The van der Waals surface area contributed by atoms with Gasteiger partial charge in [0.25, 0.3) is 0 Å². The molecule has 2 heteroatoms. The third-order valence-corrected chi connectivity index (χ3v) is 6.45. The first-order valence-electron chi connectivity index (χ1n) is 13.5. The minimum absolute atomic E-state index is 0.343. The number of carboxylic acid groups (broad SMARTS) is 1. The fourth-order valence-corrected chi connectivity index (χ4v) is 4.43. The molecule has 1 rings (SSSR count). The summed E-state index contributed by atoms with van der Waals surface area (Å²) in [5.74, 6) is -0.652. The van der Waals surface area contributed by atoms with Crippen LogP contribution in [0.25, 0.3) is 0 Å². The Morgan fingerprint density at radius 3 is 1.16 bits per heavy atom. The van der Waals surface area contributed by atoms with Crippen LogP contribution in [0.1, 0.15) is 140 Å². The van der Waals surface area contributed by atoms with E-state index in [0.717, 1.165) is 12.8 Å². The molecule has 0 unspecified atom stereocenters. The second-order valence-corrected chi connectivity index (χ2v) is 9.45. The maximum absolute atomic E-state index is 10.4. The van der Waals surface area contributed by atoms with Crippen LogP contribution in [0.15, 0.2) is 30.3 Å². The van der Waals surface area contributed by atoms with Crippen LogP contribution in [0.3, 0.4) is 0 Å². The van der Waals surface area contributed by atoms with Crippen molar-refractivity contribution in [1.29, 1.82) is 0 Å². The highest BCUT2D eigenvalue weighted by Gasteiger charge is 1.98. The summed E-state index contributed by atoms with van der Waals surface area (Å²) in [6.45, 7) is 0. The Bertz CT molecular complexity index is 497. The quantitative estimate of drug-likeness (QED) is 0.175. The van der Waals surface area contributed by atoms with Gasteiger partial charge in [-0.25, -0.2) is 0 Å². The molecule has 0 aliphatic carbocycles. The second-order valence-electron chi connectivity index (χ2n) is 9.45. The third kappa shape index (κ3) is 20.4. The molecular formula is C29H50O2. The zero-order valence-corrected chi connectivity index (χ0v) is 20.3. The van der Waals surface area contributed by atoms with Crippen molar-refractivity contribution >= 4 is 5.97 Å². The molecule has 0 fully saturated rings. The van der Waals surface area contributed by atoms with E-state index in [1.165, 1.54) is 128 Å². The first-order valence-corrected chi connectivity index (χ1v) is 13.5. The van der Waals surface area contributed by atoms with Crippen molar-refractivity contribution in [2.75, 3.05) is 0 Å². The molecule has 178 valence electrons. The van der Waals surface area contributed by atoms with Gasteiger partial charge in [0, 0.05) is 6.42 Å². The van der Waals surface area contributed by atoms with Crippen LogP contribution in [0, 0.1) is 0 Å². The Morgan fingerprint density at radius 1 is 0.484 bits per heavy atom. The van der Waals surface area contributed by atoms with E-state index in [4.69, 9.17) is 5.11 Å². The topological polar surface area (TPSA) is 37.3 Å². The summed E-state index contributed by atoms with van der Waals surface area (Å²) in [6.07, 6.45) is 28.6. The summed E-state index contributed by atoms with van der Waals surface area (Å²) in [5.41, 5.74) is 1.49. The van der Waals surface area contributed by atoms with Gasteiger partial charge < -0.3 is 5.11 Å². The number of aliphatic carboxylic acids is 1. The van der Waals surface area contributed by atoms with E-state index < -0.39 is 5.97 Å². The fraction of sp³-hybridized carbons (Fsp3) is 0.759. The Hall–Kier alpha value is -1.31. The SMILES string of the molecule is O=C(O)CCCCCCCCCCCCCCCCCCCCCCc1ccccc1. The van der Waals surface area contributed by atoms with E-state index >= 15 is 0 Å². The van der Waals surface area contributed by atoms with Gasteiger partial charge in [-0.2, -0.15) is 0 Å². The number of aryl methyl sites for hydroxylation is 1. The lowest BCUT2D eigenvalue weighted by Crippen LogP contribution is -1.93. The van der Waals surface area contributed by atoms with E-state index in [2.05, 4.69) is 30.3 Å². The van der Waals surface area contributed by atoms with Gasteiger partial charge in [0.05, 0.1) is 0 Å². The van der Waals surface area contributed by atoms with Crippen LogP contribution in [0.4, 0.5) is 0 Å². The first-order chi connectivity index (χ1) is 15.3. The van der Waals surface area contributed by atoms with E-state index in [0.29, 0.717) is 6.42 Å². The molecule has 0 heterocycles. The van der Waals surface area contributed by atoms with Gasteiger partial charge in [0.1, 0.15) is 0 Å². The molecule has 2 nitrogen and oxygen atoms in total. The average Bonchev–Trinajstić information content (AvgIpc) is 2.77. The summed E-state index contributed by atoms with van der Waals surface area (Å²) in [6, 6.07) is 10.9. The molecule has 31 heavy (non-hydrogen) atoms. The lowest BCUT2D eigenvalue weighted by atomic mass is 10.0. The van der Waals surface area contributed by atoms with E-state index in [-0.39, 0.29) is 0 Å². The average molecular weight is 431 g/mol. The molecule has 0 bridgehead atoms. The number of rotatable bonds is 23. The molecule has 1 aromatic carbocycles. The van der Waals surface area contributed by atoms with Crippen LogP contribution >= 0.6 is 0 Å². The van der Waals surface area contributed by atoms with Gasteiger partial charge in [-0.1, -0.05) is 146 Å². The van der Waals surface area contributed by atoms with Crippen molar-refractivity contribution in [2.24, 2.45) is 0 Å². The molecule has 1 N–H and O–H groups in total. The number of carboxylic acids is 1. The minimum atomic E-state index is -0.652. The second kappa shape index (κ2) is 21.9. The maximum Gasteiger partial charge on any atom is 0.303 e. The van der Waals surface area contributed by atoms with Crippen LogP contribution < -0.4 is 0 Å². The van der Waals surface area contributed by atoms with E-state index in [9.17, 15) is 4.79 Å². The molecule has 0 aliphatic rings. The summed E-state index contributed by atoms with van der Waals surface area (Å²) in [7, 11) is 0. The lowest BCUT2D eigenvalue weighted by Gasteiger charge is -2.04. The predicted molar refractivity (Wildman–Crippen MR) is 135 cm³/mol. The number of carbonyl (C=O) groups is 1. The van der Waals surface area contributed by atoms with Gasteiger partial charge in [0.15, 0.2) is 0 Å². The van der Waals surface area contributed by atoms with Crippen LogP contribution in [0.5, 0.6) is 0 Å². The van der Waals surface area contributed by atoms with Crippen molar-refractivity contribution in [1.82, 2.24) is 0 Å². The highest BCUT2D eigenvalue weighted by molar-refractivity contribution is 5.66. The molecular weight excluding hydrogens is 380 g/mol. The zero-order valence-electron chi connectivity index (χ0n) is 20.3. The molecule has 0 aliphatic heterocycles. The summed E-state index contributed by atoms with van der Waals surface area (Å²) in [5, 5.41) is 8.60. The number of hydrogen-bond donors (Lipinski definition) is 1. The monoisotopic (exact) mass is 430 g/mol.